The third-order valence-corrected chi connectivity index (χ3v) is 1.74. The van der Waals surface area contributed by atoms with Gasteiger partial charge in [0.2, 0.25) is 0 Å². The van der Waals surface area contributed by atoms with Crippen LogP contribution < -0.4 is 0 Å². The van der Waals surface area contributed by atoms with E-state index in [-0.39, 0.29) is 12.3 Å². The molecule has 0 aliphatic heterocycles. The summed E-state index contributed by atoms with van der Waals surface area (Å²) >= 11 is 0. The molecular formula is C10H12O2. The number of aliphatic carboxylic acids is 1. The summed E-state index contributed by atoms with van der Waals surface area (Å²) in [5.41, 5.74) is 0. The molecule has 2 nitrogen and oxygen atoms in total. The highest BCUT2D eigenvalue weighted by molar-refractivity contribution is 5.66. The molecule has 0 bridgehead atoms. The van der Waals surface area contributed by atoms with Crippen molar-refractivity contribution >= 4 is 5.97 Å². The molecule has 1 rings (SSSR count). The molecule has 0 saturated carbocycles. The zero-order valence-electron chi connectivity index (χ0n) is 6.81. The van der Waals surface area contributed by atoms with Crippen molar-refractivity contribution in [2.75, 3.05) is 0 Å². The van der Waals surface area contributed by atoms with Crippen LogP contribution in [-0.2, 0) is 4.79 Å². The fraction of sp³-hybridized carbons (Fsp3) is 0.300. The van der Waals surface area contributed by atoms with E-state index in [0.29, 0.717) is 6.42 Å². The van der Waals surface area contributed by atoms with Crippen LogP contribution in [0.4, 0.5) is 0 Å². The predicted octanol–water partition coefficient (Wildman–Crippen LogP) is 2.15. The highest BCUT2D eigenvalue weighted by Crippen LogP contribution is 2.12. The Hall–Kier alpha value is -1.31. The Kier molecular flexibility index (Phi) is 3.33. The van der Waals surface area contributed by atoms with Gasteiger partial charge < -0.3 is 5.11 Å². The van der Waals surface area contributed by atoms with E-state index in [1.807, 2.05) is 36.5 Å². The minimum atomic E-state index is -0.728. The number of carboxylic acid groups (broad SMARTS) is 1. The normalized spacial score (nSPS) is 16.3. The molecule has 0 heterocycles. The van der Waals surface area contributed by atoms with Crippen LogP contribution in [0.5, 0.6) is 0 Å². The highest BCUT2D eigenvalue weighted by Gasteiger charge is 2.03. The molecule has 1 aliphatic carbocycles. The second-order valence-corrected chi connectivity index (χ2v) is 2.75. The van der Waals surface area contributed by atoms with Gasteiger partial charge in [-0.05, 0) is 12.3 Å². The van der Waals surface area contributed by atoms with Gasteiger partial charge in [0.15, 0.2) is 0 Å². The Labute approximate surface area is 71.9 Å². The molecule has 0 spiro atoms. The maximum atomic E-state index is 10.3. The summed E-state index contributed by atoms with van der Waals surface area (Å²) in [6.07, 6.45) is 12.7. The number of carboxylic acids is 1. The minimum Gasteiger partial charge on any atom is -0.481 e. The Balaban J connectivity index is 2.37. The summed E-state index contributed by atoms with van der Waals surface area (Å²) in [5.74, 6) is -0.454. The molecular weight excluding hydrogens is 152 g/mol. The van der Waals surface area contributed by atoms with E-state index in [0.717, 1.165) is 0 Å². The third-order valence-electron chi connectivity index (χ3n) is 1.74. The van der Waals surface area contributed by atoms with Crippen LogP contribution in [0.3, 0.4) is 0 Å². The highest BCUT2D eigenvalue weighted by atomic mass is 16.4. The molecule has 0 radical (unpaired) electrons. The zero-order valence-corrected chi connectivity index (χ0v) is 6.81. The summed E-state index contributed by atoms with van der Waals surface area (Å²) in [5, 5.41) is 8.45. The first-order valence-corrected chi connectivity index (χ1v) is 4.02. The van der Waals surface area contributed by atoms with Crippen molar-refractivity contribution in [1.29, 1.82) is 0 Å². The molecule has 0 amide bonds. The maximum Gasteiger partial charge on any atom is 0.303 e. The van der Waals surface area contributed by atoms with Crippen molar-refractivity contribution in [1.82, 2.24) is 0 Å². The Morgan fingerprint density at radius 2 is 1.75 bits per heavy atom. The monoisotopic (exact) mass is 164 g/mol. The van der Waals surface area contributed by atoms with Gasteiger partial charge in [0.1, 0.15) is 0 Å². The average molecular weight is 164 g/mol. The van der Waals surface area contributed by atoms with E-state index in [1.54, 1.807) is 0 Å². The van der Waals surface area contributed by atoms with Crippen LogP contribution in [0, 0.1) is 5.92 Å². The van der Waals surface area contributed by atoms with Gasteiger partial charge in [0, 0.05) is 6.42 Å². The molecule has 0 aromatic heterocycles. The lowest BCUT2D eigenvalue weighted by molar-refractivity contribution is -0.137. The first-order valence-electron chi connectivity index (χ1n) is 4.02. The van der Waals surface area contributed by atoms with Crippen LogP contribution in [0.25, 0.3) is 0 Å². The summed E-state index contributed by atoms with van der Waals surface area (Å²) < 4.78 is 0. The first-order chi connectivity index (χ1) is 5.79. The number of hydrogen-bond donors (Lipinski definition) is 1. The molecule has 12 heavy (non-hydrogen) atoms. The van der Waals surface area contributed by atoms with Crippen molar-refractivity contribution < 1.29 is 9.90 Å². The van der Waals surface area contributed by atoms with E-state index in [2.05, 4.69) is 0 Å². The molecule has 1 aliphatic rings. The summed E-state index contributed by atoms with van der Waals surface area (Å²) in [6, 6.07) is 0. The van der Waals surface area contributed by atoms with Crippen molar-refractivity contribution in [3.05, 3.63) is 36.5 Å². The molecule has 0 aromatic rings. The van der Waals surface area contributed by atoms with Gasteiger partial charge >= 0.3 is 5.97 Å². The van der Waals surface area contributed by atoms with Gasteiger partial charge in [0.25, 0.3) is 0 Å². The standard InChI is InChI=1S/C10H12O2/c11-10(12)8-7-9-5-3-1-2-4-6-9/h1-6,9H,7-8H2,(H,11,12). The topological polar surface area (TPSA) is 37.3 Å². The summed E-state index contributed by atoms with van der Waals surface area (Å²) in [6.45, 7) is 0. The largest absolute Gasteiger partial charge is 0.481 e. The van der Waals surface area contributed by atoms with Gasteiger partial charge in [-0.3, -0.25) is 4.79 Å². The molecule has 0 aromatic carbocycles. The average Bonchev–Trinajstić information content (AvgIpc) is 2.28. The lowest BCUT2D eigenvalue weighted by Crippen LogP contribution is -1.99. The fourth-order valence-electron chi connectivity index (χ4n) is 1.09. The molecule has 0 unspecified atom stereocenters. The van der Waals surface area contributed by atoms with E-state index < -0.39 is 5.97 Å². The Morgan fingerprint density at radius 1 is 1.17 bits per heavy atom. The quantitative estimate of drug-likeness (QED) is 0.694. The second-order valence-electron chi connectivity index (χ2n) is 2.75. The van der Waals surface area contributed by atoms with Gasteiger partial charge in [0.05, 0.1) is 0 Å². The molecule has 0 fully saturated rings. The summed E-state index contributed by atoms with van der Waals surface area (Å²) in [7, 11) is 0. The molecule has 2 heteroatoms. The predicted molar refractivity (Wildman–Crippen MR) is 47.8 cm³/mol. The number of hydrogen-bond acceptors (Lipinski definition) is 1. The van der Waals surface area contributed by atoms with E-state index >= 15 is 0 Å². The number of rotatable bonds is 3. The molecule has 1 N–H and O–H groups in total. The first kappa shape index (κ1) is 8.78. The SMILES string of the molecule is O=C(O)CCC1C=CC=CC=C1. The maximum absolute atomic E-state index is 10.3. The zero-order chi connectivity index (χ0) is 8.81. The molecule has 0 atom stereocenters. The second kappa shape index (κ2) is 4.54. The van der Waals surface area contributed by atoms with E-state index in [1.165, 1.54) is 0 Å². The van der Waals surface area contributed by atoms with E-state index in [9.17, 15) is 4.79 Å². The molecule has 64 valence electrons. The van der Waals surface area contributed by atoms with E-state index in [4.69, 9.17) is 5.11 Å². The van der Waals surface area contributed by atoms with Gasteiger partial charge in [-0.15, -0.1) is 0 Å². The van der Waals surface area contributed by atoms with Crippen LogP contribution >= 0.6 is 0 Å². The van der Waals surface area contributed by atoms with Crippen molar-refractivity contribution in [2.45, 2.75) is 12.8 Å². The minimum absolute atomic E-state index is 0.235. The van der Waals surface area contributed by atoms with Crippen LogP contribution in [0.2, 0.25) is 0 Å². The van der Waals surface area contributed by atoms with Crippen molar-refractivity contribution in [3.63, 3.8) is 0 Å². The fourth-order valence-corrected chi connectivity index (χ4v) is 1.09. The van der Waals surface area contributed by atoms with Crippen LogP contribution in [-0.4, -0.2) is 11.1 Å². The third kappa shape index (κ3) is 3.19. The van der Waals surface area contributed by atoms with Gasteiger partial charge in [-0.1, -0.05) is 36.5 Å². The lowest BCUT2D eigenvalue weighted by atomic mass is 10.0. The Morgan fingerprint density at radius 3 is 2.25 bits per heavy atom. The Bertz CT molecular complexity index is 220. The lowest BCUT2D eigenvalue weighted by Gasteiger charge is -2.02. The number of carbonyl (C=O) groups is 1. The van der Waals surface area contributed by atoms with Crippen molar-refractivity contribution in [3.8, 4) is 0 Å². The van der Waals surface area contributed by atoms with Gasteiger partial charge in [-0.25, -0.2) is 0 Å². The molecule has 0 saturated heterocycles. The van der Waals surface area contributed by atoms with Crippen LogP contribution in [0.15, 0.2) is 36.5 Å². The summed E-state index contributed by atoms with van der Waals surface area (Å²) in [4.78, 5) is 10.3. The number of allylic oxidation sites excluding steroid dienone is 6. The van der Waals surface area contributed by atoms with Gasteiger partial charge in [-0.2, -0.15) is 0 Å². The smallest absolute Gasteiger partial charge is 0.303 e. The van der Waals surface area contributed by atoms with Crippen LogP contribution in [0.1, 0.15) is 12.8 Å². The van der Waals surface area contributed by atoms with Crippen molar-refractivity contribution in [2.24, 2.45) is 5.92 Å².